The summed E-state index contributed by atoms with van der Waals surface area (Å²) in [6.07, 6.45) is 2.62. The lowest BCUT2D eigenvalue weighted by Gasteiger charge is -2.32. The number of nitrogens with zero attached hydrogens (tertiary/aromatic N) is 1. The van der Waals surface area contributed by atoms with Crippen LogP contribution in [0.15, 0.2) is 18.2 Å². The Kier molecular flexibility index (Phi) is 9.03. The first-order valence-corrected chi connectivity index (χ1v) is 9.33. The van der Waals surface area contributed by atoms with Gasteiger partial charge in [0.25, 0.3) is 5.91 Å². The SMILES string of the molecule is COc1cc(C(=O)NC2CCN(CCNCCOCC=O)CC2)ccc1N. The summed E-state index contributed by atoms with van der Waals surface area (Å²) in [6, 6.07) is 5.26. The fraction of sp³-hybridized carbons (Fsp3) is 0.579. The van der Waals surface area contributed by atoms with Gasteiger partial charge in [-0.1, -0.05) is 0 Å². The molecule has 0 aliphatic carbocycles. The molecule has 0 bridgehead atoms. The van der Waals surface area contributed by atoms with Gasteiger partial charge in [-0.05, 0) is 31.0 Å². The van der Waals surface area contributed by atoms with Crippen molar-refractivity contribution >= 4 is 17.9 Å². The third-order valence-electron chi connectivity index (χ3n) is 4.63. The lowest BCUT2D eigenvalue weighted by Crippen LogP contribution is -2.46. The van der Waals surface area contributed by atoms with Crippen LogP contribution in [-0.4, -0.2) is 76.2 Å². The van der Waals surface area contributed by atoms with Gasteiger partial charge in [0.15, 0.2) is 0 Å². The molecule has 0 radical (unpaired) electrons. The Balaban J connectivity index is 1.64. The highest BCUT2D eigenvalue weighted by molar-refractivity contribution is 5.95. The Morgan fingerprint density at radius 2 is 2.11 bits per heavy atom. The lowest BCUT2D eigenvalue weighted by molar-refractivity contribution is -0.111. The molecular weight excluding hydrogens is 348 g/mol. The van der Waals surface area contributed by atoms with E-state index in [9.17, 15) is 9.59 Å². The predicted octanol–water partition coefficient (Wildman–Crippen LogP) is 0.277. The minimum atomic E-state index is -0.0938. The Labute approximate surface area is 160 Å². The van der Waals surface area contributed by atoms with E-state index in [-0.39, 0.29) is 18.6 Å². The van der Waals surface area contributed by atoms with Gasteiger partial charge in [0.05, 0.1) is 19.4 Å². The van der Waals surface area contributed by atoms with Crippen molar-refractivity contribution in [2.24, 2.45) is 0 Å². The number of aldehydes is 1. The molecule has 1 amide bonds. The van der Waals surface area contributed by atoms with Crippen molar-refractivity contribution in [2.45, 2.75) is 18.9 Å². The molecule has 1 fully saturated rings. The standard InChI is InChI=1S/C19H30N4O4/c1-26-18-14-15(2-3-17(18)20)19(25)22-16-4-8-23(9-5-16)10-6-21-7-12-27-13-11-24/h2-3,11,14,16,21H,4-10,12-13,20H2,1H3,(H,22,25). The zero-order valence-corrected chi connectivity index (χ0v) is 15.9. The third-order valence-corrected chi connectivity index (χ3v) is 4.63. The van der Waals surface area contributed by atoms with Crippen LogP contribution in [0.3, 0.4) is 0 Å². The van der Waals surface area contributed by atoms with Crippen molar-refractivity contribution in [3.05, 3.63) is 23.8 Å². The smallest absolute Gasteiger partial charge is 0.251 e. The molecule has 0 aromatic heterocycles. The quantitative estimate of drug-likeness (QED) is 0.288. The summed E-state index contributed by atoms with van der Waals surface area (Å²) in [4.78, 5) is 24.9. The van der Waals surface area contributed by atoms with Crippen LogP contribution in [0, 0.1) is 0 Å². The van der Waals surface area contributed by atoms with Crippen molar-refractivity contribution in [1.29, 1.82) is 0 Å². The van der Waals surface area contributed by atoms with Gasteiger partial charge in [0.1, 0.15) is 18.6 Å². The van der Waals surface area contributed by atoms with Gasteiger partial charge in [-0.2, -0.15) is 0 Å². The van der Waals surface area contributed by atoms with Crippen molar-refractivity contribution in [3.8, 4) is 5.75 Å². The van der Waals surface area contributed by atoms with E-state index < -0.39 is 0 Å². The first-order chi connectivity index (χ1) is 13.1. The molecular formula is C19H30N4O4. The molecule has 1 aromatic rings. The number of ether oxygens (including phenoxy) is 2. The molecule has 150 valence electrons. The van der Waals surface area contributed by atoms with E-state index in [4.69, 9.17) is 15.2 Å². The van der Waals surface area contributed by atoms with E-state index in [1.807, 2.05) is 0 Å². The number of amides is 1. The Hall–Kier alpha value is -2.16. The molecule has 1 saturated heterocycles. The van der Waals surface area contributed by atoms with E-state index in [1.165, 1.54) is 7.11 Å². The number of hydrogen-bond acceptors (Lipinski definition) is 7. The number of hydrogen-bond donors (Lipinski definition) is 3. The zero-order valence-electron chi connectivity index (χ0n) is 15.9. The maximum absolute atomic E-state index is 12.4. The number of anilines is 1. The molecule has 8 nitrogen and oxygen atoms in total. The molecule has 1 aliphatic heterocycles. The molecule has 1 aromatic carbocycles. The topological polar surface area (TPSA) is 106 Å². The van der Waals surface area contributed by atoms with Crippen LogP contribution in [0.4, 0.5) is 5.69 Å². The fourth-order valence-electron chi connectivity index (χ4n) is 3.06. The average molecular weight is 378 g/mol. The third kappa shape index (κ3) is 7.16. The molecule has 2 rings (SSSR count). The van der Waals surface area contributed by atoms with Gasteiger partial charge in [-0.15, -0.1) is 0 Å². The van der Waals surface area contributed by atoms with E-state index in [0.29, 0.717) is 23.6 Å². The fourth-order valence-corrected chi connectivity index (χ4v) is 3.06. The molecule has 1 heterocycles. The van der Waals surface area contributed by atoms with Gasteiger partial charge in [-0.25, -0.2) is 0 Å². The summed E-state index contributed by atoms with van der Waals surface area (Å²) >= 11 is 0. The van der Waals surface area contributed by atoms with Gasteiger partial charge < -0.3 is 35.5 Å². The number of carbonyl (C=O) groups is 2. The number of nitrogen functional groups attached to an aromatic ring is 1. The minimum absolute atomic E-state index is 0.0938. The summed E-state index contributed by atoms with van der Waals surface area (Å²) in [5.41, 5.74) is 6.87. The second-order valence-electron chi connectivity index (χ2n) is 6.54. The van der Waals surface area contributed by atoms with Crippen molar-refractivity contribution in [1.82, 2.24) is 15.5 Å². The maximum Gasteiger partial charge on any atom is 0.251 e. The van der Waals surface area contributed by atoms with E-state index in [0.717, 1.165) is 51.9 Å². The van der Waals surface area contributed by atoms with E-state index >= 15 is 0 Å². The number of methoxy groups -OCH3 is 1. The van der Waals surface area contributed by atoms with Crippen molar-refractivity contribution in [2.75, 3.05) is 58.8 Å². The van der Waals surface area contributed by atoms with Crippen LogP contribution in [0.2, 0.25) is 0 Å². The summed E-state index contributed by atoms with van der Waals surface area (Å²) < 4.78 is 10.3. The molecule has 0 unspecified atom stereocenters. The highest BCUT2D eigenvalue weighted by Gasteiger charge is 2.21. The lowest BCUT2D eigenvalue weighted by atomic mass is 10.0. The van der Waals surface area contributed by atoms with Gasteiger partial charge in [0, 0.05) is 44.3 Å². The number of carbonyl (C=O) groups excluding carboxylic acids is 2. The maximum atomic E-state index is 12.4. The highest BCUT2D eigenvalue weighted by Crippen LogP contribution is 2.22. The summed E-state index contributed by atoms with van der Waals surface area (Å²) in [6.45, 7) is 5.20. The molecule has 0 atom stereocenters. The largest absolute Gasteiger partial charge is 0.495 e. The second-order valence-corrected chi connectivity index (χ2v) is 6.54. The first kappa shape index (κ1) is 21.1. The number of nitrogens with one attached hydrogen (secondary N) is 2. The van der Waals surface area contributed by atoms with E-state index in [2.05, 4.69) is 15.5 Å². The minimum Gasteiger partial charge on any atom is -0.495 e. The predicted molar refractivity (Wildman–Crippen MR) is 104 cm³/mol. The Morgan fingerprint density at radius 3 is 2.81 bits per heavy atom. The molecule has 4 N–H and O–H groups in total. The number of likely N-dealkylation sites (tertiary alicyclic amines) is 1. The molecule has 8 heteroatoms. The number of benzene rings is 1. The summed E-state index contributed by atoms with van der Waals surface area (Å²) in [5, 5.41) is 6.40. The molecule has 27 heavy (non-hydrogen) atoms. The zero-order chi connectivity index (χ0) is 19.5. The van der Waals surface area contributed by atoms with Crippen LogP contribution < -0.4 is 21.1 Å². The van der Waals surface area contributed by atoms with Crippen LogP contribution >= 0.6 is 0 Å². The number of nitrogens with two attached hydrogens (primary N) is 1. The van der Waals surface area contributed by atoms with Crippen molar-refractivity contribution < 1.29 is 19.1 Å². The number of piperidine rings is 1. The van der Waals surface area contributed by atoms with Crippen LogP contribution in [0.25, 0.3) is 0 Å². The van der Waals surface area contributed by atoms with Gasteiger partial charge in [-0.3, -0.25) is 4.79 Å². The molecule has 0 spiro atoms. The normalized spacial score (nSPS) is 15.4. The van der Waals surface area contributed by atoms with Gasteiger partial charge >= 0.3 is 0 Å². The van der Waals surface area contributed by atoms with E-state index in [1.54, 1.807) is 18.2 Å². The molecule has 1 aliphatic rings. The highest BCUT2D eigenvalue weighted by atomic mass is 16.5. The average Bonchev–Trinajstić information content (AvgIpc) is 2.69. The van der Waals surface area contributed by atoms with Crippen LogP contribution in [0.5, 0.6) is 5.75 Å². The van der Waals surface area contributed by atoms with Crippen LogP contribution in [0.1, 0.15) is 23.2 Å². The summed E-state index contributed by atoms with van der Waals surface area (Å²) in [5.74, 6) is 0.422. The summed E-state index contributed by atoms with van der Waals surface area (Å²) in [7, 11) is 1.54. The van der Waals surface area contributed by atoms with Gasteiger partial charge in [0.2, 0.25) is 0 Å². The van der Waals surface area contributed by atoms with Crippen molar-refractivity contribution in [3.63, 3.8) is 0 Å². The number of rotatable bonds is 11. The van der Waals surface area contributed by atoms with Crippen LogP contribution in [-0.2, 0) is 9.53 Å². The first-order valence-electron chi connectivity index (χ1n) is 9.33. The Bertz CT molecular complexity index is 603. The second kappa shape index (κ2) is 11.5. The monoisotopic (exact) mass is 378 g/mol. The molecule has 0 saturated carbocycles. The Morgan fingerprint density at radius 1 is 1.33 bits per heavy atom.